The molecule has 0 radical (unpaired) electrons. The minimum atomic E-state index is -0.150. The molecule has 8 nitrogen and oxygen atoms in total. The fraction of sp³-hybridized carbons (Fsp3) is 0.514. The van der Waals surface area contributed by atoms with Crippen LogP contribution in [-0.4, -0.2) is 59.7 Å². The van der Waals surface area contributed by atoms with E-state index in [1.54, 1.807) is 0 Å². The summed E-state index contributed by atoms with van der Waals surface area (Å²) < 4.78 is 0. The molecule has 4 unspecified atom stereocenters. The highest BCUT2D eigenvalue weighted by Crippen LogP contribution is 2.64. The summed E-state index contributed by atoms with van der Waals surface area (Å²) in [6, 6.07) is 15.0. The van der Waals surface area contributed by atoms with Crippen LogP contribution in [0.1, 0.15) is 55.2 Å². The topological polar surface area (TPSA) is 67.8 Å². The summed E-state index contributed by atoms with van der Waals surface area (Å²) in [5, 5.41) is 3.47. The van der Waals surface area contributed by atoms with Gasteiger partial charge < -0.3 is 15.1 Å². The highest BCUT2D eigenvalue weighted by atomic mass is 16.2. The molecular formula is C35H43N7O. The molecular weight excluding hydrogens is 534 g/mol. The Balaban J connectivity index is 1.14. The largest absolute Gasteiger partial charge is 0.369 e. The van der Waals surface area contributed by atoms with Gasteiger partial charge in [-0.1, -0.05) is 24.6 Å². The maximum absolute atomic E-state index is 14.8. The third-order valence-corrected chi connectivity index (χ3v) is 11.4. The number of nitrogens with one attached hydrogen (secondary N) is 1. The molecule has 3 aromatic rings. The monoisotopic (exact) mass is 577 g/mol. The molecule has 4 fully saturated rings. The standard InChI is InChI=1S/C35H43N7O/c1-23-6-4-7-24(2)31(23)41-22-26-21-36-33(37-27-10-12-28(13-11-27)40-18-16-39(3)17-19-40)38-32(26)42(34(41)43)35-15-14-25(20-35)29-8-5-9-30(29)35/h4,6-7,10-13,21,25,29-30H,5,8-9,14-20,22H2,1-3H3,(H,36,37,38). The zero-order valence-electron chi connectivity index (χ0n) is 25.7. The average molecular weight is 578 g/mol. The van der Waals surface area contributed by atoms with Gasteiger partial charge >= 0.3 is 6.03 Å². The molecule has 224 valence electrons. The number of benzene rings is 2. The van der Waals surface area contributed by atoms with Gasteiger partial charge in [-0.3, -0.25) is 9.80 Å². The Morgan fingerprint density at radius 3 is 2.49 bits per heavy atom. The Morgan fingerprint density at radius 1 is 0.953 bits per heavy atom. The molecule has 1 saturated heterocycles. The molecule has 3 saturated carbocycles. The van der Waals surface area contributed by atoms with Gasteiger partial charge in [0.25, 0.3) is 0 Å². The van der Waals surface area contributed by atoms with Crippen molar-refractivity contribution >= 4 is 34.9 Å². The van der Waals surface area contributed by atoms with Gasteiger partial charge in [0.2, 0.25) is 5.95 Å². The number of aryl methyl sites for hydroxylation is 2. The average Bonchev–Trinajstić information content (AvgIpc) is 3.73. The predicted molar refractivity (Wildman–Crippen MR) is 172 cm³/mol. The third-order valence-electron chi connectivity index (χ3n) is 11.4. The number of anilines is 5. The summed E-state index contributed by atoms with van der Waals surface area (Å²) >= 11 is 0. The molecule has 43 heavy (non-hydrogen) atoms. The maximum atomic E-state index is 14.8. The van der Waals surface area contributed by atoms with Crippen molar-refractivity contribution in [2.24, 2.45) is 17.8 Å². The minimum absolute atomic E-state index is 0.0827. The van der Waals surface area contributed by atoms with E-state index in [1.165, 1.54) is 31.4 Å². The number of carbonyl (C=O) groups excluding carboxylic acids is 1. The summed E-state index contributed by atoms with van der Waals surface area (Å²) in [5.41, 5.74) is 6.36. The van der Waals surface area contributed by atoms with Gasteiger partial charge in [0, 0.05) is 49.3 Å². The molecule has 2 aliphatic heterocycles. The van der Waals surface area contributed by atoms with Gasteiger partial charge in [-0.05, 0) is 106 Å². The van der Waals surface area contributed by atoms with Crippen molar-refractivity contribution in [1.29, 1.82) is 0 Å². The number of piperazine rings is 1. The second-order valence-electron chi connectivity index (χ2n) is 13.8. The van der Waals surface area contributed by atoms with Crippen molar-refractivity contribution in [1.82, 2.24) is 14.9 Å². The van der Waals surface area contributed by atoms with Gasteiger partial charge in [0.15, 0.2) is 0 Å². The van der Waals surface area contributed by atoms with E-state index in [9.17, 15) is 4.79 Å². The second-order valence-corrected chi connectivity index (χ2v) is 13.8. The minimum Gasteiger partial charge on any atom is -0.369 e. The number of fused-ring (bicyclic) bond motifs is 6. The molecule has 8 rings (SSSR count). The van der Waals surface area contributed by atoms with Crippen LogP contribution in [0.2, 0.25) is 0 Å². The summed E-state index contributed by atoms with van der Waals surface area (Å²) in [4.78, 5) is 33.7. The van der Waals surface area contributed by atoms with E-state index < -0.39 is 0 Å². The summed E-state index contributed by atoms with van der Waals surface area (Å²) in [6.07, 6.45) is 9.17. The lowest BCUT2D eigenvalue weighted by atomic mass is 9.76. The molecule has 3 aliphatic carbocycles. The van der Waals surface area contributed by atoms with Crippen LogP contribution in [0.4, 0.5) is 33.6 Å². The Morgan fingerprint density at radius 2 is 1.72 bits per heavy atom. The summed E-state index contributed by atoms with van der Waals surface area (Å²) in [5.74, 6) is 3.41. The van der Waals surface area contributed by atoms with Crippen LogP contribution in [0.25, 0.3) is 0 Å². The molecule has 2 aromatic carbocycles. The number of carbonyl (C=O) groups is 1. The van der Waals surface area contributed by atoms with Crippen LogP contribution < -0.4 is 20.0 Å². The number of hydrogen-bond donors (Lipinski definition) is 1. The number of likely N-dealkylation sites (N-methyl/N-ethyl adjacent to an activating group) is 1. The van der Waals surface area contributed by atoms with Crippen LogP contribution in [0, 0.1) is 31.6 Å². The number of urea groups is 1. The zero-order chi connectivity index (χ0) is 29.3. The van der Waals surface area contributed by atoms with Crippen LogP contribution in [-0.2, 0) is 6.54 Å². The van der Waals surface area contributed by atoms with Crippen molar-refractivity contribution in [3.63, 3.8) is 0 Å². The van der Waals surface area contributed by atoms with E-state index >= 15 is 0 Å². The lowest BCUT2D eigenvalue weighted by Gasteiger charge is -2.49. The first-order valence-corrected chi connectivity index (χ1v) is 16.3. The molecule has 0 spiro atoms. The van der Waals surface area contributed by atoms with E-state index in [-0.39, 0.29) is 11.6 Å². The molecule has 2 amide bonds. The number of nitrogens with zero attached hydrogens (tertiary/aromatic N) is 6. The van der Waals surface area contributed by atoms with Crippen LogP contribution in [0.5, 0.6) is 0 Å². The zero-order valence-corrected chi connectivity index (χ0v) is 25.7. The lowest BCUT2D eigenvalue weighted by Crippen LogP contribution is -2.61. The van der Waals surface area contributed by atoms with Crippen molar-refractivity contribution in [3.8, 4) is 0 Å². The van der Waals surface area contributed by atoms with Crippen LogP contribution >= 0.6 is 0 Å². The Bertz CT molecular complexity index is 1530. The molecule has 1 N–H and O–H groups in total. The molecule has 4 atom stereocenters. The molecule has 5 aliphatic rings. The first-order chi connectivity index (χ1) is 20.9. The fourth-order valence-electron chi connectivity index (χ4n) is 9.35. The smallest absolute Gasteiger partial charge is 0.331 e. The van der Waals surface area contributed by atoms with Gasteiger partial charge in [-0.2, -0.15) is 4.98 Å². The quantitative estimate of drug-likeness (QED) is 0.373. The van der Waals surface area contributed by atoms with E-state index in [1.807, 2.05) is 11.1 Å². The van der Waals surface area contributed by atoms with Gasteiger partial charge in [0.05, 0.1) is 17.8 Å². The van der Waals surface area contributed by atoms with Crippen molar-refractivity contribution in [2.45, 2.75) is 64.5 Å². The van der Waals surface area contributed by atoms with E-state index in [0.717, 1.165) is 84.7 Å². The fourth-order valence-corrected chi connectivity index (χ4v) is 9.35. The first kappa shape index (κ1) is 26.9. The van der Waals surface area contributed by atoms with Crippen molar-refractivity contribution < 1.29 is 4.79 Å². The van der Waals surface area contributed by atoms with E-state index in [0.29, 0.717) is 18.4 Å². The van der Waals surface area contributed by atoms with Crippen LogP contribution in [0.3, 0.4) is 0 Å². The second kappa shape index (κ2) is 10.2. The summed E-state index contributed by atoms with van der Waals surface area (Å²) in [7, 11) is 2.18. The normalized spacial score (nSPS) is 28.4. The van der Waals surface area contributed by atoms with Crippen molar-refractivity contribution in [2.75, 3.05) is 53.2 Å². The highest BCUT2D eigenvalue weighted by Gasteiger charge is 2.64. The van der Waals surface area contributed by atoms with Crippen LogP contribution in [0.15, 0.2) is 48.7 Å². The maximum Gasteiger partial charge on any atom is 0.331 e. The molecule has 2 bridgehead atoms. The van der Waals surface area contributed by atoms with Crippen molar-refractivity contribution in [3.05, 3.63) is 65.4 Å². The van der Waals surface area contributed by atoms with E-state index in [2.05, 4.69) is 83.4 Å². The third kappa shape index (κ3) is 4.32. The Kier molecular flexibility index (Phi) is 6.40. The predicted octanol–water partition coefficient (Wildman–Crippen LogP) is 6.50. The number of para-hydroxylation sites is 1. The van der Waals surface area contributed by atoms with Gasteiger partial charge in [-0.15, -0.1) is 0 Å². The highest BCUT2D eigenvalue weighted by molar-refractivity contribution is 6.07. The SMILES string of the molecule is Cc1cccc(C)c1N1Cc2cnc(Nc3ccc(N4CCN(C)CC4)cc3)nc2N(C23CCC(C2)C2CCCC23)C1=O. The number of amides is 2. The van der Waals surface area contributed by atoms with Gasteiger partial charge in [0.1, 0.15) is 5.82 Å². The molecule has 3 heterocycles. The Hall–Kier alpha value is -3.65. The summed E-state index contributed by atoms with van der Waals surface area (Å²) in [6.45, 7) is 8.98. The van der Waals surface area contributed by atoms with E-state index in [4.69, 9.17) is 9.97 Å². The van der Waals surface area contributed by atoms with Gasteiger partial charge in [-0.25, -0.2) is 9.78 Å². The number of aromatic nitrogens is 2. The number of rotatable bonds is 5. The number of hydrogen-bond acceptors (Lipinski definition) is 6. The Labute approximate surface area is 255 Å². The first-order valence-electron chi connectivity index (χ1n) is 16.3. The lowest BCUT2D eigenvalue weighted by molar-refractivity contribution is 0.204. The molecule has 8 heteroatoms. The molecule has 1 aromatic heterocycles.